The molecule has 0 spiro atoms. The van der Waals surface area contributed by atoms with Gasteiger partial charge in [-0.05, 0) is 49.0 Å². The molecule has 1 atom stereocenters. The lowest BCUT2D eigenvalue weighted by Crippen LogP contribution is -2.48. The third-order valence-corrected chi connectivity index (χ3v) is 4.28. The monoisotopic (exact) mass is 356 g/mol. The molecule has 2 rings (SSSR count). The number of carbonyl (C=O) groups excluding carboxylic acids is 2. The van der Waals surface area contributed by atoms with Gasteiger partial charge >= 0.3 is 0 Å². The molecule has 2 heterocycles. The molecule has 21 heavy (non-hydrogen) atoms. The molecule has 1 aliphatic rings. The van der Waals surface area contributed by atoms with Crippen LogP contribution in [0, 0.1) is 0 Å². The molecular weight excluding hydrogens is 336 g/mol. The molecule has 1 aliphatic heterocycles. The molecule has 0 radical (unpaired) electrons. The Morgan fingerprint density at radius 3 is 2.67 bits per heavy atom. The van der Waals surface area contributed by atoms with Crippen molar-refractivity contribution in [2.24, 2.45) is 0 Å². The lowest BCUT2D eigenvalue weighted by molar-refractivity contribution is -0.133. The van der Waals surface area contributed by atoms with Crippen LogP contribution < -0.4 is 5.32 Å². The summed E-state index contributed by atoms with van der Waals surface area (Å²) < 4.78 is 2.25. The van der Waals surface area contributed by atoms with E-state index in [0.717, 1.165) is 25.9 Å². The minimum atomic E-state index is -0.525. The van der Waals surface area contributed by atoms with Gasteiger partial charge in [-0.15, -0.1) is 0 Å². The molecule has 0 aliphatic carbocycles. The Bertz CT molecular complexity index is 523. The van der Waals surface area contributed by atoms with Crippen LogP contribution >= 0.6 is 15.9 Å². The highest BCUT2D eigenvalue weighted by molar-refractivity contribution is 9.10. The quantitative estimate of drug-likeness (QED) is 0.894. The van der Waals surface area contributed by atoms with Crippen molar-refractivity contribution in [3.63, 3.8) is 0 Å². The Hall–Kier alpha value is -1.37. The van der Waals surface area contributed by atoms with Gasteiger partial charge in [0.1, 0.15) is 11.7 Å². The van der Waals surface area contributed by atoms with Gasteiger partial charge in [0.15, 0.2) is 0 Å². The molecule has 1 unspecified atom stereocenters. The third kappa shape index (κ3) is 3.64. The molecule has 2 amide bonds. The number of likely N-dealkylation sites (tertiary alicyclic amines) is 1. The van der Waals surface area contributed by atoms with Crippen LogP contribution in [0.25, 0.3) is 0 Å². The Labute approximate surface area is 133 Å². The molecule has 1 saturated heterocycles. The summed E-state index contributed by atoms with van der Waals surface area (Å²) in [5.41, 5.74) is 0.454. The van der Waals surface area contributed by atoms with Crippen molar-refractivity contribution in [2.75, 3.05) is 13.1 Å². The van der Waals surface area contributed by atoms with Crippen LogP contribution in [0.3, 0.4) is 0 Å². The summed E-state index contributed by atoms with van der Waals surface area (Å²) in [5.74, 6) is -0.291. The molecule has 1 fully saturated rings. The average molecular weight is 357 g/mol. The zero-order valence-corrected chi connectivity index (χ0v) is 14.0. The maximum Gasteiger partial charge on any atom is 0.271 e. The van der Waals surface area contributed by atoms with Crippen LogP contribution in [0.1, 0.15) is 43.6 Å². The number of hydrogen-bond acceptors (Lipinski definition) is 3. The molecule has 116 valence electrons. The first kappa shape index (κ1) is 16.0. The molecular formula is C14H21BrN4O2. The number of piperidine rings is 1. The predicted octanol–water partition coefficient (Wildman–Crippen LogP) is 1.80. The van der Waals surface area contributed by atoms with E-state index in [4.69, 9.17) is 0 Å². The van der Waals surface area contributed by atoms with Crippen molar-refractivity contribution in [1.82, 2.24) is 20.0 Å². The van der Waals surface area contributed by atoms with Crippen LogP contribution in [-0.4, -0.2) is 45.6 Å². The van der Waals surface area contributed by atoms with E-state index in [1.165, 1.54) is 6.42 Å². The third-order valence-electron chi connectivity index (χ3n) is 3.70. The van der Waals surface area contributed by atoms with Crippen molar-refractivity contribution >= 4 is 27.7 Å². The molecule has 7 heteroatoms. The summed E-state index contributed by atoms with van der Waals surface area (Å²) in [4.78, 5) is 26.5. The summed E-state index contributed by atoms with van der Waals surface area (Å²) in [7, 11) is 0. The maximum atomic E-state index is 12.3. The summed E-state index contributed by atoms with van der Waals surface area (Å²) in [6.07, 6.45) is 4.85. The van der Waals surface area contributed by atoms with Crippen molar-refractivity contribution in [3.05, 3.63) is 16.4 Å². The summed E-state index contributed by atoms with van der Waals surface area (Å²) >= 11 is 3.32. The van der Waals surface area contributed by atoms with E-state index in [1.807, 2.05) is 11.8 Å². The first-order valence-corrected chi connectivity index (χ1v) is 8.14. The van der Waals surface area contributed by atoms with Crippen molar-refractivity contribution < 1.29 is 9.59 Å². The largest absolute Gasteiger partial charge is 0.341 e. The number of carbonyl (C=O) groups is 2. The number of halogens is 1. The van der Waals surface area contributed by atoms with E-state index in [0.29, 0.717) is 16.7 Å². The molecule has 0 bridgehead atoms. The van der Waals surface area contributed by atoms with Crippen LogP contribution in [-0.2, 0) is 11.3 Å². The van der Waals surface area contributed by atoms with E-state index in [1.54, 1.807) is 17.8 Å². The van der Waals surface area contributed by atoms with Gasteiger partial charge in [0.25, 0.3) is 5.91 Å². The Kier molecular flexibility index (Phi) is 5.39. The fraction of sp³-hybridized carbons (Fsp3) is 0.643. The highest BCUT2D eigenvalue weighted by atomic mass is 79.9. The summed E-state index contributed by atoms with van der Waals surface area (Å²) in [6.45, 7) is 5.82. The second kappa shape index (κ2) is 7.06. The van der Waals surface area contributed by atoms with Crippen LogP contribution in [0.2, 0.25) is 0 Å². The second-order valence-electron chi connectivity index (χ2n) is 5.24. The number of aryl methyl sites for hydroxylation is 1. The lowest BCUT2D eigenvalue weighted by atomic mass is 10.1. The number of amides is 2. The van der Waals surface area contributed by atoms with E-state index in [-0.39, 0.29) is 11.8 Å². The van der Waals surface area contributed by atoms with E-state index >= 15 is 0 Å². The van der Waals surface area contributed by atoms with Gasteiger partial charge in [0, 0.05) is 19.6 Å². The minimum absolute atomic E-state index is 0.0123. The zero-order chi connectivity index (χ0) is 15.4. The number of nitrogens with zero attached hydrogens (tertiary/aromatic N) is 3. The van der Waals surface area contributed by atoms with Gasteiger partial charge in [-0.2, -0.15) is 5.10 Å². The number of aromatic nitrogens is 2. The number of nitrogens with one attached hydrogen (secondary N) is 1. The van der Waals surface area contributed by atoms with Crippen LogP contribution in [0.5, 0.6) is 0 Å². The molecule has 1 aromatic rings. The Morgan fingerprint density at radius 1 is 1.38 bits per heavy atom. The normalized spacial score (nSPS) is 16.6. The molecule has 0 saturated carbocycles. The van der Waals surface area contributed by atoms with E-state index < -0.39 is 6.04 Å². The fourth-order valence-corrected chi connectivity index (χ4v) is 3.02. The van der Waals surface area contributed by atoms with Gasteiger partial charge in [-0.1, -0.05) is 0 Å². The smallest absolute Gasteiger partial charge is 0.271 e. The van der Waals surface area contributed by atoms with Crippen molar-refractivity contribution in [1.29, 1.82) is 0 Å². The van der Waals surface area contributed by atoms with Gasteiger partial charge in [0.05, 0.1) is 10.7 Å². The van der Waals surface area contributed by atoms with Gasteiger partial charge in [0.2, 0.25) is 5.91 Å². The van der Waals surface area contributed by atoms with Crippen molar-refractivity contribution in [2.45, 2.75) is 45.7 Å². The van der Waals surface area contributed by atoms with E-state index in [9.17, 15) is 9.59 Å². The standard InChI is InChI=1S/C14H21BrN4O2/c1-3-19-12(11(15)9-16-19)13(20)17-10(2)14(21)18-7-5-4-6-8-18/h9-10H,3-8H2,1-2H3,(H,17,20). The predicted molar refractivity (Wildman–Crippen MR) is 83.0 cm³/mol. The number of rotatable bonds is 4. The van der Waals surface area contributed by atoms with Crippen molar-refractivity contribution in [3.8, 4) is 0 Å². The summed E-state index contributed by atoms with van der Waals surface area (Å²) in [5, 5.41) is 6.88. The molecule has 1 N–H and O–H groups in total. The lowest BCUT2D eigenvalue weighted by Gasteiger charge is -2.29. The zero-order valence-electron chi connectivity index (χ0n) is 12.4. The number of hydrogen-bond donors (Lipinski definition) is 1. The Morgan fingerprint density at radius 2 is 2.05 bits per heavy atom. The summed E-state index contributed by atoms with van der Waals surface area (Å²) in [6, 6.07) is -0.525. The minimum Gasteiger partial charge on any atom is -0.341 e. The Balaban J connectivity index is 2.01. The molecule has 1 aromatic heterocycles. The first-order chi connectivity index (χ1) is 10.0. The van der Waals surface area contributed by atoms with Gasteiger partial charge < -0.3 is 10.2 Å². The van der Waals surface area contributed by atoms with Crippen LogP contribution in [0.4, 0.5) is 0 Å². The highest BCUT2D eigenvalue weighted by Crippen LogP contribution is 2.16. The van der Waals surface area contributed by atoms with Gasteiger partial charge in [-0.3, -0.25) is 14.3 Å². The molecule has 6 nitrogen and oxygen atoms in total. The maximum absolute atomic E-state index is 12.3. The topological polar surface area (TPSA) is 67.2 Å². The average Bonchev–Trinajstić information content (AvgIpc) is 2.88. The van der Waals surface area contributed by atoms with Gasteiger partial charge in [-0.25, -0.2) is 0 Å². The van der Waals surface area contributed by atoms with Crippen LogP contribution in [0.15, 0.2) is 10.7 Å². The highest BCUT2D eigenvalue weighted by Gasteiger charge is 2.25. The fourth-order valence-electron chi connectivity index (χ4n) is 2.54. The first-order valence-electron chi connectivity index (χ1n) is 7.35. The van der Waals surface area contributed by atoms with E-state index in [2.05, 4.69) is 26.3 Å². The molecule has 0 aromatic carbocycles. The SMILES string of the molecule is CCn1ncc(Br)c1C(=O)NC(C)C(=O)N1CCCCC1. The second-order valence-corrected chi connectivity index (χ2v) is 6.09.